The minimum absolute atomic E-state index is 0.0331. The van der Waals surface area contributed by atoms with Crippen molar-refractivity contribution in [3.63, 3.8) is 0 Å². The number of halogens is 1. The summed E-state index contributed by atoms with van der Waals surface area (Å²) in [6.45, 7) is 4.33. The van der Waals surface area contributed by atoms with Gasteiger partial charge in [0, 0.05) is 29.9 Å². The van der Waals surface area contributed by atoms with Gasteiger partial charge in [0.1, 0.15) is 0 Å². The van der Waals surface area contributed by atoms with Gasteiger partial charge in [0.2, 0.25) is 5.91 Å². The molecular formula is C15H21BrN2O2. The first-order valence-electron chi connectivity index (χ1n) is 6.79. The number of rotatable bonds is 7. The van der Waals surface area contributed by atoms with Crippen LogP contribution < -0.4 is 10.6 Å². The lowest BCUT2D eigenvalue weighted by Crippen LogP contribution is -2.35. The average Bonchev–Trinajstić information content (AvgIpc) is 2.47. The predicted octanol–water partition coefficient (Wildman–Crippen LogP) is 2.62. The van der Waals surface area contributed by atoms with Crippen molar-refractivity contribution in [1.29, 1.82) is 0 Å². The van der Waals surface area contributed by atoms with E-state index in [1.807, 2.05) is 26.0 Å². The van der Waals surface area contributed by atoms with Gasteiger partial charge in [0.15, 0.2) is 0 Å². The first-order chi connectivity index (χ1) is 9.56. The molecule has 1 rings (SSSR count). The summed E-state index contributed by atoms with van der Waals surface area (Å²) < 4.78 is 0. The van der Waals surface area contributed by atoms with E-state index in [-0.39, 0.29) is 17.9 Å². The highest BCUT2D eigenvalue weighted by molar-refractivity contribution is 9.08. The van der Waals surface area contributed by atoms with Crippen molar-refractivity contribution in [2.75, 3.05) is 6.54 Å². The molecular weight excluding hydrogens is 320 g/mol. The third-order valence-electron chi connectivity index (χ3n) is 3.03. The maximum atomic E-state index is 11.8. The maximum Gasteiger partial charge on any atom is 0.251 e. The molecule has 0 saturated carbocycles. The zero-order valence-electron chi connectivity index (χ0n) is 11.9. The molecule has 1 aromatic carbocycles. The molecule has 0 aliphatic heterocycles. The Morgan fingerprint density at radius 1 is 1.25 bits per heavy atom. The standard InChI is InChI=1S/C15H21BrN2O2/c1-3-11(2)18-14(19)8-9-17-15(20)13-6-4-12(10-16)5-7-13/h4-7,11H,3,8-10H2,1-2H3,(H,17,20)(H,18,19). The fraction of sp³-hybridized carbons (Fsp3) is 0.467. The molecule has 1 atom stereocenters. The summed E-state index contributed by atoms with van der Waals surface area (Å²) >= 11 is 3.36. The topological polar surface area (TPSA) is 58.2 Å². The number of carbonyl (C=O) groups excluding carboxylic acids is 2. The third kappa shape index (κ3) is 5.74. The van der Waals surface area contributed by atoms with Gasteiger partial charge in [-0.2, -0.15) is 0 Å². The van der Waals surface area contributed by atoms with Gasteiger partial charge in [-0.15, -0.1) is 0 Å². The Kier molecular flexibility index (Phi) is 7.30. The fourth-order valence-corrected chi connectivity index (χ4v) is 1.96. The monoisotopic (exact) mass is 340 g/mol. The van der Waals surface area contributed by atoms with E-state index in [1.54, 1.807) is 12.1 Å². The summed E-state index contributed by atoms with van der Waals surface area (Å²) in [6.07, 6.45) is 1.20. The number of benzene rings is 1. The largest absolute Gasteiger partial charge is 0.354 e. The summed E-state index contributed by atoms with van der Waals surface area (Å²) in [4.78, 5) is 23.4. The summed E-state index contributed by atoms with van der Waals surface area (Å²) in [5.41, 5.74) is 1.73. The Balaban J connectivity index is 2.34. The molecule has 0 aromatic heterocycles. The third-order valence-corrected chi connectivity index (χ3v) is 3.68. The smallest absolute Gasteiger partial charge is 0.251 e. The van der Waals surface area contributed by atoms with E-state index < -0.39 is 0 Å². The van der Waals surface area contributed by atoms with Crippen molar-refractivity contribution in [2.45, 2.75) is 38.1 Å². The van der Waals surface area contributed by atoms with E-state index in [0.717, 1.165) is 17.3 Å². The van der Waals surface area contributed by atoms with Crippen molar-refractivity contribution in [2.24, 2.45) is 0 Å². The van der Waals surface area contributed by atoms with Crippen LogP contribution in [0.15, 0.2) is 24.3 Å². The Hall–Kier alpha value is -1.36. The van der Waals surface area contributed by atoms with E-state index in [1.165, 1.54) is 0 Å². The van der Waals surface area contributed by atoms with Gasteiger partial charge in [-0.1, -0.05) is 35.0 Å². The number of nitrogens with one attached hydrogen (secondary N) is 2. The van der Waals surface area contributed by atoms with Gasteiger partial charge in [-0.3, -0.25) is 9.59 Å². The van der Waals surface area contributed by atoms with Gasteiger partial charge in [-0.05, 0) is 31.0 Å². The molecule has 0 saturated heterocycles. The van der Waals surface area contributed by atoms with Crippen LogP contribution in [0.4, 0.5) is 0 Å². The van der Waals surface area contributed by atoms with Crippen LogP contribution in [0.1, 0.15) is 42.6 Å². The molecule has 0 radical (unpaired) electrons. The van der Waals surface area contributed by atoms with E-state index in [2.05, 4.69) is 26.6 Å². The van der Waals surface area contributed by atoms with Crippen LogP contribution in [0.3, 0.4) is 0 Å². The van der Waals surface area contributed by atoms with E-state index >= 15 is 0 Å². The highest BCUT2D eigenvalue weighted by Gasteiger charge is 2.08. The van der Waals surface area contributed by atoms with Gasteiger partial charge >= 0.3 is 0 Å². The summed E-state index contributed by atoms with van der Waals surface area (Å²) in [6, 6.07) is 7.55. The fourth-order valence-electron chi connectivity index (χ4n) is 1.59. The molecule has 4 nitrogen and oxygen atoms in total. The average molecular weight is 341 g/mol. The Labute approximate surface area is 128 Å². The van der Waals surface area contributed by atoms with E-state index in [0.29, 0.717) is 18.5 Å². The molecule has 1 unspecified atom stereocenters. The van der Waals surface area contributed by atoms with E-state index in [9.17, 15) is 9.59 Å². The molecule has 5 heteroatoms. The number of amides is 2. The van der Waals surface area contributed by atoms with Crippen LogP contribution in [-0.4, -0.2) is 24.4 Å². The number of hydrogen-bond acceptors (Lipinski definition) is 2. The van der Waals surface area contributed by atoms with Crippen molar-refractivity contribution in [3.05, 3.63) is 35.4 Å². The second-order valence-electron chi connectivity index (χ2n) is 4.71. The first kappa shape index (κ1) is 16.7. The second kappa shape index (κ2) is 8.74. The number of alkyl halides is 1. The molecule has 0 spiro atoms. The predicted molar refractivity (Wildman–Crippen MR) is 83.9 cm³/mol. The molecule has 0 aliphatic rings. The lowest BCUT2D eigenvalue weighted by atomic mass is 10.1. The summed E-state index contributed by atoms with van der Waals surface area (Å²) in [7, 11) is 0. The normalized spacial score (nSPS) is 11.8. The molecule has 2 amide bonds. The van der Waals surface area contributed by atoms with Crippen molar-refractivity contribution < 1.29 is 9.59 Å². The molecule has 0 heterocycles. The Morgan fingerprint density at radius 2 is 1.90 bits per heavy atom. The number of hydrogen-bond donors (Lipinski definition) is 2. The molecule has 110 valence electrons. The maximum absolute atomic E-state index is 11.8. The second-order valence-corrected chi connectivity index (χ2v) is 5.27. The molecule has 0 aliphatic carbocycles. The highest BCUT2D eigenvalue weighted by Crippen LogP contribution is 2.07. The zero-order chi connectivity index (χ0) is 15.0. The van der Waals surface area contributed by atoms with Crippen LogP contribution in [-0.2, 0) is 10.1 Å². The van der Waals surface area contributed by atoms with Gasteiger partial charge in [-0.25, -0.2) is 0 Å². The van der Waals surface area contributed by atoms with Crippen LogP contribution >= 0.6 is 15.9 Å². The summed E-state index contributed by atoms with van der Waals surface area (Å²) in [5, 5.41) is 6.38. The molecule has 0 fully saturated rings. The van der Waals surface area contributed by atoms with Crippen LogP contribution in [0.2, 0.25) is 0 Å². The molecule has 1 aromatic rings. The quantitative estimate of drug-likeness (QED) is 0.749. The first-order valence-corrected chi connectivity index (χ1v) is 7.91. The Morgan fingerprint density at radius 3 is 2.45 bits per heavy atom. The SMILES string of the molecule is CCC(C)NC(=O)CCNC(=O)c1ccc(CBr)cc1. The van der Waals surface area contributed by atoms with Gasteiger partial charge < -0.3 is 10.6 Å². The van der Waals surface area contributed by atoms with Crippen molar-refractivity contribution >= 4 is 27.7 Å². The van der Waals surface area contributed by atoms with Crippen molar-refractivity contribution in [3.8, 4) is 0 Å². The van der Waals surface area contributed by atoms with E-state index in [4.69, 9.17) is 0 Å². The highest BCUT2D eigenvalue weighted by atomic mass is 79.9. The molecule has 0 bridgehead atoms. The van der Waals surface area contributed by atoms with Crippen LogP contribution in [0.25, 0.3) is 0 Å². The zero-order valence-corrected chi connectivity index (χ0v) is 13.5. The Bertz CT molecular complexity index is 446. The lowest BCUT2D eigenvalue weighted by molar-refractivity contribution is -0.121. The minimum atomic E-state index is -0.150. The van der Waals surface area contributed by atoms with Gasteiger partial charge in [0.25, 0.3) is 5.91 Å². The minimum Gasteiger partial charge on any atom is -0.354 e. The molecule has 2 N–H and O–H groups in total. The van der Waals surface area contributed by atoms with Crippen LogP contribution in [0.5, 0.6) is 0 Å². The number of carbonyl (C=O) groups is 2. The van der Waals surface area contributed by atoms with Crippen LogP contribution in [0, 0.1) is 0 Å². The van der Waals surface area contributed by atoms with Gasteiger partial charge in [0.05, 0.1) is 0 Å². The lowest BCUT2D eigenvalue weighted by Gasteiger charge is -2.11. The van der Waals surface area contributed by atoms with Crippen molar-refractivity contribution in [1.82, 2.24) is 10.6 Å². The molecule has 20 heavy (non-hydrogen) atoms. The summed E-state index contributed by atoms with van der Waals surface area (Å²) in [5.74, 6) is -0.184.